The van der Waals surface area contributed by atoms with Crippen molar-refractivity contribution < 1.29 is 13.2 Å². The molecule has 0 radical (unpaired) electrons. The minimum atomic E-state index is -3.89. The van der Waals surface area contributed by atoms with Crippen molar-refractivity contribution >= 4 is 54.8 Å². The molecule has 5 nitrogen and oxygen atoms in total. The zero-order chi connectivity index (χ0) is 16.9. The number of thiophene rings is 1. The number of benzene rings is 2. The summed E-state index contributed by atoms with van der Waals surface area (Å²) in [6.45, 7) is -0.0388. The van der Waals surface area contributed by atoms with E-state index in [2.05, 4.69) is 5.32 Å². The molecule has 1 aliphatic heterocycles. The average Bonchev–Trinajstić information content (AvgIpc) is 2.96. The molecule has 0 fully saturated rings. The highest BCUT2D eigenvalue weighted by atomic mass is 35.5. The first-order valence-corrected chi connectivity index (χ1v) is 9.75. The lowest BCUT2D eigenvalue weighted by atomic mass is 10.2. The molecule has 0 atom stereocenters. The van der Waals surface area contributed by atoms with Crippen molar-refractivity contribution in [2.45, 2.75) is 11.4 Å². The van der Waals surface area contributed by atoms with Crippen LogP contribution in [0, 0.1) is 0 Å². The van der Waals surface area contributed by atoms with Gasteiger partial charge in [-0.15, -0.1) is 11.3 Å². The van der Waals surface area contributed by atoms with Gasteiger partial charge in [-0.3, -0.25) is 0 Å². The minimum absolute atomic E-state index is 0.0388. The standard InChI is InChI=1S/C16H11ClN2O3S2/c17-12-5-3-4-11-10(9-23-15(11)12)8-19-16(20)18-13-6-1-2-7-14(13)24(19,21)22/h1-7,9H,8H2,(H,18,20). The van der Waals surface area contributed by atoms with Crippen LogP contribution in [0.5, 0.6) is 0 Å². The number of carbonyl (C=O) groups excluding carboxylic acids is 1. The van der Waals surface area contributed by atoms with Gasteiger partial charge in [0.25, 0.3) is 10.0 Å². The number of hydrogen-bond donors (Lipinski definition) is 1. The Morgan fingerprint density at radius 2 is 1.92 bits per heavy atom. The van der Waals surface area contributed by atoms with Gasteiger partial charge in [0.15, 0.2) is 0 Å². The Labute approximate surface area is 147 Å². The van der Waals surface area contributed by atoms with Gasteiger partial charge in [-0.1, -0.05) is 35.9 Å². The normalized spacial score (nSPS) is 16.0. The van der Waals surface area contributed by atoms with E-state index in [1.807, 2.05) is 11.4 Å². The Morgan fingerprint density at radius 3 is 2.75 bits per heavy atom. The van der Waals surface area contributed by atoms with E-state index >= 15 is 0 Å². The van der Waals surface area contributed by atoms with Gasteiger partial charge in [-0.25, -0.2) is 17.5 Å². The second-order valence-corrected chi connectivity index (χ2v) is 8.43. The van der Waals surface area contributed by atoms with Crippen LogP contribution in [0.3, 0.4) is 0 Å². The summed E-state index contributed by atoms with van der Waals surface area (Å²) in [4.78, 5) is 12.4. The zero-order valence-electron chi connectivity index (χ0n) is 12.2. The lowest BCUT2D eigenvalue weighted by molar-refractivity contribution is 0.233. The number of nitrogens with zero attached hydrogens (tertiary/aromatic N) is 1. The van der Waals surface area contributed by atoms with E-state index in [0.29, 0.717) is 10.7 Å². The number of nitrogens with one attached hydrogen (secondary N) is 1. The second kappa shape index (κ2) is 5.47. The number of rotatable bonds is 2. The summed E-state index contributed by atoms with van der Waals surface area (Å²) in [5, 5.41) is 5.92. The van der Waals surface area contributed by atoms with Crippen LogP contribution in [0.15, 0.2) is 52.7 Å². The van der Waals surface area contributed by atoms with Crippen molar-refractivity contribution in [2.75, 3.05) is 5.32 Å². The first-order chi connectivity index (χ1) is 11.5. The van der Waals surface area contributed by atoms with Gasteiger partial charge >= 0.3 is 6.03 Å². The van der Waals surface area contributed by atoms with Crippen LogP contribution in [0.25, 0.3) is 10.1 Å². The topological polar surface area (TPSA) is 66.5 Å². The molecule has 2 heterocycles. The molecule has 8 heteroatoms. The van der Waals surface area contributed by atoms with Gasteiger partial charge in [0, 0.05) is 0 Å². The van der Waals surface area contributed by atoms with E-state index in [1.165, 1.54) is 17.4 Å². The van der Waals surface area contributed by atoms with Crippen LogP contribution in [-0.4, -0.2) is 18.8 Å². The minimum Gasteiger partial charge on any atom is -0.306 e. The Hall–Kier alpha value is -2.09. The van der Waals surface area contributed by atoms with E-state index in [0.717, 1.165) is 20.0 Å². The molecule has 122 valence electrons. The Balaban J connectivity index is 1.79. The molecule has 2 aromatic carbocycles. The SMILES string of the molecule is O=C1Nc2ccccc2S(=O)(=O)N1Cc1csc2c(Cl)cccc12. The molecule has 1 N–H and O–H groups in total. The molecule has 4 rings (SSSR count). The first kappa shape index (κ1) is 15.4. The highest BCUT2D eigenvalue weighted by Crippen LogP contribution is 2.35. The van der Waals surface area contributed by atoms with Crippen molar-refractivity contribution in [3.63, 3.8) is 0 Å². The summed E-state index contributed by atoms with van der Waals surface area (Å²) in [5.41, 5.74) is 1.05. The lowest BCUT2D eigenvalue weighted by Crippen LogP contribution is -2.43. The fourth-order valence-electron chi connectivity index (χ4n) is 2.71. The predicted molar refractivity (Wildman–Crippen MR) is 95.0 cm³/mol. The van der Waals surface area contributed by atoms with Crippen LogP contribution in [0.2, 0.25) is 5.02 Å². The molecule has 0 spiro atoms. The summed E-state index contributed by atoms with van der Waals surface area (Å²) < 4.78 is 27.3. The van der Waals surface area contributed by atoms with E-state index in [1.54, 1.807) is 30.3 Å². The third-order valence-electron chi connectivity index (χ3n) is 3.87. The van der Waals surface area contributed by atoms with E-state index in [9.17, 15) is 13.2 Å². The highest BCUT2D eigenvalue weighted by molar-refractivity contribution is 7.90. The van der Waals surface area contributed by atoms with Crippen molar-refractivity contribution in [1.29, 1.82) is 0 Å². The maximum absolute atomic E-state index is 12.8. The molecule has 0 unspecified atom stereocenters. The molecule has 0 saturated heterocycles. The number of carbonyl (C=O) groups is 1. The van der Waals surface area contributed by atoms with Crippen LogP contribution in [0.4, 0.5) is 10.5 Å². The zero-order valence-corrected chi connectivity index (χ0v) is 14.6. The fourth-order valence-corrected chi connectivity index (χ4v) is 5.44. The van der Waals surface area contributed by atoms with Gasteiger partial charge in [-0.2, -0.15) is 0 Å². The number of fused-ring (bicyclic) bond motifs is 2. The highest BCUT2D eigenvalue weighted by Gasteiger charge is 2.36. The fraction of sp³-hybridized carbons (Fsp3) is 0.0625. The van der Waals surface area contributed by atoms with Crippen LogP contribution in [-0.2, 0) is 16.6 Å². The second-order valence-electron chi connectivity index (χ2n) is 5.32. The molecule has 2 amide bonds. The first-order valence-electron chi connectivity index (χ1n) is 7.06. The maximum atomic E-state index is 12.8. The van der Waals surface area contributed by atoms with E-state index in [4.69, 9.17) is 11.6 Å². The molecule has 0 saturated carbocycles. The smallest absolute Gasteiger partial charge is 0.306 e. The van der Waals surface area contributed by atoms with Crippen molar-refractivity contribution in [3.8, 4) is 0 Å². The Kier molecular flexibility index (Phi) is 3.52. The average molecular weight is 379 g/mol. The van der Waals surface area contributed by atoms with Gasteiger partial charge in [-0.05, 0) is 34.5 Å². The van der Waals surface area contributed by atoms with Crippen molar-refractivity contribution in [2.24, 2.45) is 0 Å². The summed E-state index contributed by atoms with van der Waals surface area (Å²) in [7, 11) is -3.89. The summed E-state index contributed by atoms with van der Waals surface area (Å²) in [6.07, 6.45) is 0. The number of amides is 2. The van der Waals surface area contributed by atoms with E-state index < -0.39 is 16.1 Å². The third kappa shape index (κ3) is 2.28. The third-order valence-corrected chi connectivity index (χ3v) is 7.16. The molecule has 3 aromatic rings. The van der Waals surface area contributed by atoms with Gasteiger partial charge in [0.2, 0.25) is 0 Å². The largest absolute Gasteiger partial charge is 0.336 e. The van der Waals surface area contributed by atoms with Crippen molar-refractivity contribution in [3.05, 3.63) is 58.4 Å². The number of halogens is 1. The van der Waals surface area contributed by atoms with Crippen molar-refractivity contribution in [1.82, 2.24) is 4.31 Å². The van der Waals surface area contributed by atoms with Gasteiger partial charge in [0.1, 0.15) is 4.90 Å². The molecule has 0 bridgehead atoms. The maximum Gasteiger partial charge on any atom is 0.336 e. The summed E-state index contributed by atoms with van der Waals surface area (Å²) in [6, 6.07) is 11.2. The molecular weight excluding hydrogens is 368 g/mol. The number of anilines is 1. The summed E-state index contributed by atoms with van der Waals surface area (Å²) >= 11 is 7.60. The van der Waals surface area contributed by atoms with Gasteiger partial charge < -0.3 is 5.32 Å². The molecule has 0 aliphatic carbocycles. The molecular formula is C16H11ClN2O3S2. The number of para-hydroxylation sites is 1. The summed E-state index contributed by atoms with van der Waals surface area (Å²) in [5.74, 6) is 0. The molecule has 24 heavy (non-hydrogen) atoms. The Bertz CT molecular complexity index is 1080. The van der Waals surface area contributed by atoms with E-state index in [-0.39, 0.29) is 11.4 Å². The van der Waals surface area contributed by atoms with Gasteiger partial charge in [0.05, 0.1) is 22.0 Å². The molecule has 1 aliphatic rings. The van der Waals surface area contributed by atoms with Crippen LogP contribution < -0.4 is 5.32 Å². The molecule has 1 aromatic heterocycles. The van der Waals surface area contributed by atoms with Crippen LogP contribution >= 0.6 is 22.9 Å². The quantitative estimate of drug-likeness (QED) is 0.723. The lowest BCUT2D eigenvalue weighted by Gasteiger charge is -2.28. The predicted octanol–water partition coefficient (Wildman–Crippen LogP) is 4.29. The Morgan fingerprint density at radius 1 is 1.12 bits per heavy atom. The number of hydrogen-bond acceptors (Lipinski definition) is 4. The number of urea groups is 1. The monoisotopic (exact) mass is 378 g/mol. The van der Waals surface area contributed by atoms with Crippen LogP contribution in [0.1, 0.15) is 5.56 Å². The number of sulfonamides is 1.